The molecule has 2 aromatic rings. The smallest absolute Gasteiger partial charge is 0.125 e. The van der Waals surface area contributed by atoms with Crippen LogP contribution in [-0.4, -0.2) is 16.8 Å². The number of para-hydroxylation sites is 1. The maximum atomic E-state index is 10.1. The standard InChI is InChI=1S/C17H20O3/c1-2-15(18)14-10-6-7-11-17(14)20-12-16(19)13-8-4-3-5-9-13/h3-11,15-16,18-19H,2,12H2,1H3/t15-,16?/m0/s1. The second kappa shape index (κ2) is 7.08. The molecule has 0 bridgehead atoms. The Labute approximate surface area is 119 Å². The van der Waals surface area contributed by atoms with Gasteiger partial charge in [0.25, 0.3) is 0 Å². The van der Waals surface area contributed by atoms with Gasteiger partial charge in [-0.1, -0.05) is 55.5 Å². The van der Waals surface area contributed by atoms with Crippen LogP contribution in [0.3, 0.4) is 0 Å². The van der Waals surface area contributed by atoms with Gasteiger partial charge in [0.1, 0.15) is 18.5 Å². The third-order valence-corrected chi connectivity index (χ3v) is 3.25. The number of benzene rings is 2. The van der Waals surface area contributed by atoms with Crippen LogP contribution in [0.5, 0.6) is 5.75 Å². The molecule has 3 nitrogen and oxygen atoms in total. The molecule has 0 amide bonds. The molecular formula is C17H20O3. The van der Waals surface area contributed by atoms with E-state index >= 15 is 0 Å². The number of aliphatic hydroxyl groups is 2. The minimum Gasteiger partial charge on any atom is -0.490 e. The molecule has 0 aliphatic rings. The molecule has 2 N–H and O–H groups in total. The van der Waals surface area contributed by atoms with Gasteiger partial charge in [0.2, 0.25) is 0 Å². The predicted molar refractivity (Wildman–Crippen MR) is 78.6 cm³/mol. The zero-order valence-corrected chi connectivity index (χ0v) is 11.6. The summed E-state index contributed by atoms with van der Waals surface area (Å²) in [5, 5.41) is 20.0. The number of hydrogen-bond acceptors (Lipinski definition) is 3. The van der Waals surface area contributed by atoms with E-state index in [1.165, 1.54) is 0 Å². The molecule has 106 valence electrons. The Balaban J connectivity index is 2.04. The lowest BCUT2D eigenvalue weighted by atomic mass is 10.1. The highest BCUT2D eigenvalue weighted by atomic mass is 16.5. The Morgan fingerprint density at radius 3 is 2.25 bits per heavy atom. The van der Waals surface area contributed by atoms with Crippen molar-refractivity contribution in [3.8, 4) is 5.75 Å². The average molecular weight is 272 g/mol. The van der Waals surface area contributed by atoms with Crippen molar-refractivity contribution in [1.82, 2.24) is 0 Å². The van der Waals surface area contributed by atoms with Crippen molar-refractivity contribution in [2.24, 2.45) is 0 Å². The number of rotatable bonds is 6. The van der Waals surface area contributed by atoms with Crippen LogP contribution in [0.15, 0.2) is 54.6 Å². The zero-order chi connectivity index (χ0) is 14.4. The van der Waals surface area contributed by atoms with Gasteiger partial charge in [-0.05, 0) is 18.1 Å². The highest BCUT2D eigenvalue weighted by Gasteiger charge is 2.13. The fourth-order valence-electron chi connectivity index (χ4n) is 2.05. The van der Waals surface area contributed by atoms with Gasteiger partial charge in [-0.2, -0.15) is 0 Å². The van der Waals surface area contributed by atoms with E-state index in [0.717, 1.165) is 11.1 Å². The maximum Gasteiger partial charge on any atom is 0.125 e. The van der Waals surface area contributed by atoms with Gasteiger partial charge in [-0.15, -0.1) is 0 Å². The molecule has 0 radical (unpaired) electrons. The quantitative estimate of drug-likeness (QED) is 0.848. The van der Waals surface area contributed by atoms with Gasteiger partial charge in [-0.25, -0.2) is 0 Å². The normalized spacial score (nSPS) is 13.8. The first-order chi connectivity index (χ1) is 9.72. The van der Waals surface area contributed by atoms with Crippen LogP contribution >= 0.6 is 0 Å². The molecule has 0 spiro atoms. The molecule has 2 rings (SSSR count). The highest BCUT2D eigenvalue weighted by Crippen LogP contribution is 2.27. The van der Waals surface area contributed by atoms with Crippen molar-refractivity contribution >= 4 is 0 Å². The molecule has 0 fully saturated rings. The summed E-state index contributed by atoms with van der Waals surface area (Å²) in [4.78, 5) is 0. The van der Waals surface area contributed by atoms with Crippen LogP contribution in [-0.2, 0) is 0 Å². The Morgan fingerprint density at radius 1 is 0.900 bits per heavy atom. The number of aliphatic hydroxyl groups excluding tert-OH is 2. The van der Waals surface area contributed by atoms with E-state index in [2.05, 4.69) is 0 Å². The second-order valence-corrected chi connectivity index (χ2v) is 4.70. The largest absolute Gasteiger partial charge is 0.490 e. The van der Waals surface area contributed by atoms with Crippen LogP contribution in [0.2, 0.25) is 0 Å². The Hall–Kier alpha value is -1.84. The van der Waals surface area contributed by atoms with Gasteiger partial charge in [0.05, 0.1) is 6.10 Å². The van der Waals surface area contributed by atoms with Crippen LogP contribution in [0, 0.1) is 0 Å². The molecule has 0 aromatic heterocycles. The molecule has 0 aliphatic heterocycles. The summed E-state index contributed by atoms with van der Waals surface area (Å²) in [7, 11) is 0. The van der Waals surface area contributed by atoms with Crippen LogP contribution in [0.25, 0.3) is 0 Å². The van der Waals surface area contributed by atoms with Crippen molar-refractivity contribution in [1.29, 1.82) is 0 Å². The van der Waals surface area contributed by atoms with Gasteiger partial charge >= 0.3 is 0 Å². The first kappa shape index (κ1) is 14.6. The minimum absolute atomic E-state index is 0.164. The summed E-state index contributed by atoms with van der Waals surface area (Å²) >= 11 is 0. The summed E-state index contributed by atoms with van der Waals surface area (Å²) in [6.07, 6.45) is -0.593. The molecular weight excluding hydrogens is 252 g/mol. The molecule has 2 atom stereocenters. The van der Waals surface area contributed by atoms with Crippen molar-refractivity contribution in [3.63, 3.8) is 0 Å². The van der Waals surface area contributed by atoms with E-state index in [-0.39, 0.29) is 6.61 Å². The fraction of sp³-hybridized carbons (Fsp3) is 0.294. The third-order valence-electron chi connectivity index (χ3n) is 3.25. The van der Waals surface area contributed by atoms with E-state index in [0.29, 0.717) is 12.2 Å². The molecule has 3 heteroatoms. The monoisotopic (exact) mass is 272 g/mol. The summed E-state index contributed by atoms with van der Waals surface area (Å²) in [6.45, 7) is 2.08. The molecule has 0 heterocycles. The lowest BCUT2D eigenvalue weighted by molar-refractivity contribution is 0.103. The Kier molecular flexibility index (Phi) is 5.16. The van der Waals surface area contributed by atoms with E-state index in [1.807, 2.05) is 61.5 Å². The van der Waals surface area contributed by atoms with Crippen LogP contribution < -0.4 is 4.74 Å². The van der Waals surface area contributed by atoms with E-state index in [1.54, 1.807) is 0 Å². The van der Waals surface area contributed by atoms with E-state index in [9.17, 15) is 10.2 Å². The van der Waals surface area contributed by atoms with Crippen LogP contribution in [0.4, 0.5) is 0 Å². The molecule has 0 aliphatic carbocycles. The van der Waals surface area contributed by atoms with Gasteiger partial charge < -0.3 is 14.9 Å². The van der Waals surface area contributed by atoms with Gasteiger partial charge in [-0.3, -0.25) is 0 Å². The summed E-state index contributed by atoms with van der Waals surface area (Å²) in [6, 6.07) is 16.8. The van der Waals surface area contributed by atoms with Gasteiger partial charge in [0.15, 0.2) is 0 Å². The second-order valence-electron chi connectivity index (χ2n) is 4.70. The Bertz CT molecular complexity index is 525. The van der Waals surface area contributed by atoms with E-state index in [4.69, 9.17) is 4.74 Å². The highest BCUT2D eigenvalue weighted by molar-refractivity contribution is 5.35. The van der Waals surface area contributed by atoms with Crippen molar-refractivity contribution in [2.45, 2.75) is 25.6 Å². The zero-order valence-electron chi connectivity index (χ0n) is 11.6. The SMILES string of the molecule is CC[C@H](O)c1ccccc1OCC(O)c1ccccc1. The van der Waals surface area contributed by atoms with Crippen molar-refractivity contribution < 1.29 is 14.9 Å². The molecule has 2 aromatic carbocycles. The minimum atomic E-state index is -0.678. The van der Waals surface area contributed by atoms with Crippen molar-refractivity contribution in [3.05, 3.63) is 65.7 Å². The maximum absolute atomic E-state index is 10.1. The molecule has 0 saturated carbocycles. The summed E-state index contributed by atoms with van der Waals surface area (Å²) in [5.74, 6) is 0.622. The molecule has 1 unspecified atom stereocenters. The first-order valence-corrected chi connectivity index (χ1v) is 6.85. The summed E-state index contributed by atoms with van der Waals surface area (Å²) < 4.78 is 5.67. The summed E-state index contributed by atoms with van der Waals surface area (Å²) in [5.41, 5.74) is 1.58. The molecule has 20 heavy (non-hydrogen) atoms. The number of ether oxygens (including phenoxy) is 1. The predicted octanol–water partition coefficient (Wildman–Crippen LogP) is 3.24. The third kappa shape index (κ3) is 3.59. The number of hydrogen-bond donors (Lipinski definition) is 2. The van der Waals surface area contributed by atoms with E-state index < -0.39 is 12.2 Å². The van der Waals surface area contributed by atoms with Crippen LogP contribution in [0.1, 0.15) is 36.7 Å². The lowest BCUT2D eigenvalue weighted by Crippen LogP contribution is -2.11. The topological polar surface area (TPSA) is 49.7 Å². The van der Waals surface area contributed by atoms with Gasteiger partial charge in [0, 0.05) is 5.56 Å². The van der Waals surface area contributed by atoms with Crippen molar-refractivity contribution in [2.75, 3.05) is 6.61 Å². The molecule has 0 saturated heterocycles. The first-order valence-electron chi connectivity index (χ1n) is 6.85. The Morgan fingerprint density at radius 2 is 1.55 bits per heavy atom. The fourth-order valence-corrected chi connectivity index (χ4v) is 2.05. The lowest BCUT2D eigenvalue weighted by Gasteiger charge is -2.17. The average Bonchev–Trinajstić information content (AvgIpc) is 2.53.